The molecule has 0 amide bonds. The molecule has 6 aromatic heterocycles. The highest BCUT2D eigenvalue weighted by molar-refractivity contribution is 5.98. The van der Waals surface area contributed by atoms with Crippen molar-refractivity contribution in [2.24, 2.45) is 0 Å². The number of fused-ring (bicyclic) bond motifs is 4. The molecule has 118 heavy (non-hydrogen) atoms. The largest absolute Gasteiger partial charge is 0.478 e. The minimum absolute atomic E-state index is 0.0204. The van der Waals surface area contributed by atoms with Crippen LogP contribution in [-0.2, 0) is 30.3 Å². The van der Waals surface area contributed by atoms with Gasteiger partial charge in [0.2, 0.25) is 11.4 Å². The molecule has 20 atom stereocenters. The van der Waals surface area contributed by atoms with Crippen LogP contribution < -0.4 is 10.3 Å². The molecular weight excluding hydrogens is 1540 g/mol. The number of benzene rings is 5. The number of aromatic nitrogens is 10. The molecule has 36 nitrogen and oxygen atoms in total. The number of aromatic carboxylic acids is 1. The standard InChI is InChI=1S/C28H27N3O6.C21H21N3O6.C17H18N2O7.C16H16N2O7/c1-16-9-24(36-15-17-5-3-2-4-6-17)29-13-21(16)19-10-18(25-20(11-19)12-30-31-25)7-8-22-26(33)28(35)27(34)23(14-32)37-22;1-10-4-17(26)22-8-14(10)12-5-11(18-13(6-12)7-23-24-18)2-3-15-19(27)21(29)20(28)16(9-25)30-15;1-25-17(24)9-4-8(13-10(5-9)6-18-19-13)2-3-11-14(21)16(23)15(22)12(7-20)26-11;19-6-11-14(21)15(22)13(20)10(25-11)2-1-7-3-8(16(23)24)4-9-5-17-18-12(7)9/h2-6,9-13,22-23,26-28,32-35H,14-15H2,1H3,(H,30,31);4-8,15-16,19-21,25,27-29H,9H2,1H3,(H,22,26)(H,23,24);4-6,11-12,14-16,20-23H,7H2,1H3,(H,18,19);3-5,10-11,13-15,19-22H,6H2,(H,17,18)(H,23,24)/t22-,23-,26-,27-,28-;15-,16-,19-,20-,21-;11-,12-,14-,15-,16-;10-,11-,13-,14-,15-/m1111/s1. The summed E-state index contributed by atoms with van der Waals surface area (Å²) < 4.78 is 32.2. The van der Waals surface area contributed by atoms with Crippen molar-refractivity contribution in [1.82, 2.24) is 50.8 Å². The number of carbonyl (C=O) groups is 2. The Labute approximate surface area is 668 Å². The monoisotopic (exact) mass is 1620 g/mol. The number of aliphatic hydroxyl groups is 16. The lowest BCUT2D eigenvalue weighted by molar-refractivity contribution is -0.214. The van der Waals surface area contributed by atoms with Crippen molar-refractivity contribution in [1.29, 1.82) is 0 Å². The maximum atomic E-state index is 11.8. The average molecular weight is 1620 g/mol. The van der Waals surface area contributed by atoms with Crippen LogP contribution in [0.2, 0.25) is 0 Å². The summed E-state index contributed by atoms with van der Waals surface area (Å²) in [5, 5.41) is 196. The van der Waals surface area contributed by atoms with Gasteiger partial charge in [0.15, 0.2) is 0 Å². The first-order valence-electron chi connectivity index (χ1n) is 36.5. The molecule has 4 saturated heterocycles. The number of aryl methyl sites for hydroxylation is 2. The van der Waals surface area contributed by atoms with Crippen molar-refractivity contribution in [3.63, 3.8) is 0 Å². The number of nitrogens with one attached hydrogen (secondary N) is 5. The smallest absolute Gasteiger partial charge is 0.337 e. The van der Waals surface area contributed by atoms with Crippen LogP contribution in [0.1, 0.15) is 59.7 Å². The van der Waals surface area contributed by atoms with E-state index in [0.29, 0.717) is 67.6 Å². The Balaban J connectivity index is 0.000000146. The highest BCUT2D eigenvalue weighted by Crippen LogP contribution is 2.33. The lowest BCUT2D eigenvalue weighted by Crippen LogP contribution is -2.58. The molecule has 0 bridgehead atoms. The van der Waals surface area contributed by atoms with E-state index >= 15 is 0 Å². The topological polar surface area (TPSA) is 594 Å². The molecule has 616 valence electrons. The number of ether oxygens (including phenoxy) is 6. The number of carboxylic acid groups (broad SMARTS) is 1. The van der Waals surface area contributed by atoms with E-state index in [1.807, 2.05) is 74.5 Å². The van der Waals surface area contributed by atoms with E-state index in [1.54, 1.807) is 30.9 Å². The van der Waals surface area contributed by atoms with Crippen molar-refractivity contribution in [3.05, 3.63) is 189 Å². The predicted octanol–water partition coefficient (Wildman–Crippen LogP) is -1.87. The van der Waals surface area contributed by atoms with E-state index in [4.69, 9.17) is 33.5 Å². The number of hydrogen-bond donors (Lipinski definition) is 22. The quantitative estimate of drug-likeness (QED) is 0.0498. The molecule has 15 rings (SSSR count). The molecule has 4 aliphatic rings. The number of esters is 1. The maximum Gasteiger partial charge on any atom is 0.337 e. The number of hydrogen-bond acceptors (Lipinski definition) is 30. The van der Waals surface area contributed by atoms with Crippen molar-refractivity contribution in [2.75, 3.05) is 33.5 Å². The van der Waals surface area contributed by atoms with Crippen molar-refractivity contribution in [2.45, 2.75) is 143 Å². The molecule has 4 aliphatic heterocycles. The first-order valence-corrected chi connectivity index (χ1v) is 36.5. The molecule has 22 N–H and O–H groups in total. The van der Waals surface area contributed by atoms with Crippen molar-refractivity contribution < 1.29 is 125 Å². The summed E-state index contributed by atoms with van der Waals surface area (Å²) in [6, 6.07) is 26.8. The second kappa shape index (κ2) is 38.1. The predicted molar refractivity (Wildman–Crippen MR) is 415 cm³/mol. The molecule has 36 heteroatoms. The Hall–Kier alpha value is -11.7. The second-order valence-corrected chi connectivity index (χ2v) is 27.8. The lowest BCUT2D eigenvalue weighted by Gasteiger charge is -2.37. The minimum atomic E-state index is -1.53. The summed E-state index contributed by atoms with van der Waals surface area (Å²) in [4.78, 5) is 41.7. The number of H-pyrrole nitrogens is 5. The number of nitrogens with zero attached hydrogens (tertiary/aromatic N) is 5. The minimum Gasteiger partial charge on any atom is -0.478 e. The fraction of sp³-hybridized carbons (Fsp3) is 0.341. The Morgan fingerprint density at radius 2 is 0.788 bits per heavy atom. The molecule has 11 aromatic rings. The molecular formula is C82H82N10O26. The maximum absolute atomic E-state index is 11.8. The zero-order chi connectivity index (χ0) is 84.3. The molecule has 5 aromatic carbocycles. The highest BCUT2D eigenvalue weighted by Gasteiger charge is 2.46. The van der Waals surface area contributed by atoms with Gasteiger partial charge in [-0.1, -0.05) is 77.7 Å². The van der Waals surface area contributed by atoms with Crippen molar-refractivity contribution >= 4 is 55.6 Å². The third-order valence-electron chi connectivity index (χ3n) is 19.9. The molecule has 0 radical (unpaired) electrons. The third-order valence-corrected chi connectivity index (χ3v) is 19.9. The van der Waals surface area contributed by atoms with Crippen LogP contribution in [0.25, 0.3) is 65.9 Å². The summed E-state index contributed by atoms with van der Waals surface area (Å²) in [5.41, 5.74) is 10.7. The van der Waals surface area contributed by atoms with Crippen LogP contribution in [0, 0.1) is 61.2 Å². The number of aliphatic hydroxyl groups excluding tert-OH is 16. The molecule has 0 unspecified atom stereocenters. The number of carboxylic acids is 1. The number of aromatic amines is 5. The Morgan fingerprint density at radius 3 is 1.15 bits per heavy atom. The van der Waals surface area contributed by atoms with Crippen molar-refractivity contribution in [3.8, 4) is 75.5 Å². The van der Waals surface area contributed by atoms with Gasteiger partial charge >= 0.3 is 11.9 Å². The molecule has 0 saturated carbocycles. The zero-order valence-corrected chi connectivity index (χ0v) is 62.7. The van der Waals surface area contributed by atoms with E-state index in [2.05, 4.69) is 98.1 Å². The van der Waals surface area contributed by atoms with Crippen LogP contribution in [0.15, 0.2) is 133 Å². The molecule has 0 spiro atoms. The second-order valence-electron chi connectivity index (χ2n) is 27.8. The number of rotatable bonds is 11. The van der Waals surface area contributed by atoms with E-state index in [0.717, 1.165) is 49.7 Å². The number of carbonyl (C=O) groups excluding carboxylic acids is 1. The lowest BCUT2D eigenvalue weighted by atomic mass is 9.95. The van der Waals surface area contributed by atoms with Crippen LogP contribution in [-0.4, -0.2) is 305 Å². The van der Waals surface area contributed by atoms with Gasteiger partial charge in [0.1, 0.15) is 129 Å². The average Bonchev–Trinajstić information content (AvgIpc) is 1.45. The van der Waals surface area contributed by atoms with Gasteiger partial charge in [-0.25, -0.2) is 14.6 Å². The van der Waals surface area contributed by atoms with Gasteiger partial charge in [0.25, 0.3) is 0 Å². The zero-order valence-electron chi connectivity index (χ0n) is 62.7. The van der Waals surface area contributed by atoms with Crippen LogP contribution in [0.5, 0.6) is 5.88 Å². The molecule has 0 aliphatic carbocycles. The van der Waals surface area contributed by atoms with Crippen LogP contribution >= 0.6 is 0 Å². The van der Waals surface area contributed by atoms with Crippen LogP contribution in [0.3, 0.4) is 0 Å². The van der Waals surface area contributed by atoms with E-state index < -0.39 is 160 Å². The first kappa shape index (κ1) is 85.6. The van der Waals surface area contributed by atoms with Gasteiger partial charge in [-0.3, -0.25) is 25.2 Å². The first-order chi connectivity index (χ1) is 56.7. The number of pyridine rings is 2. The summed E-state index contributed by atoms with van der Waals surface area (Å²) in [7, 11) is 1.27. The van der Waals surface area contributed by atoms with Gasteiger partial charge in [-0.15, -0.1) is 0 Å². The summed E-state index contributed by atoms with van der Waals surface area (Å²) in [5.74, 6) is 21.2. The van der Waals surface area contributed by atoms with Gasteiger partial charge in [0, 0.05) is 57.2 Å². The fourth-order valence-electron chi connectivity index (χ4n) is 13.3. The Kier molecular flexibility index (Phi) is 27.7. The SMILES string of the molecule is COC(=O)c1cc(C#C[C@H]2O[C@H](CO)[C@@H](O)[C@H](O)[C@@H]2O)c2[nH]ncc2c1.Cc1cc(=O)[nH]cc1-c1cc(C#C[C@H]2O[C@H](CO)[C@@H](O)[C@H](O)[C@@H]2O)c2[nH]ncc2c1.Cc1cc(OCc2ccccc2)ncc1-c1cc(C#C[C@H]2O[C@H](CO)[C@@H](O)[C@H](O)[C@@H]2O)c2[nH]ncc2c1.O=C(O)c1cc(C#C[C@H]2O[C@H](CO)[C@@H](O)[C@H](O)[C@@H]2O)c2[nH]ncc2c1. The Morgan fingerprint density at radius 1 is 0.432 bits per heavy atom. The van der Waals surface area contributed by atoms with Crippen LogP contribution in [0.4, 0.5) is 0 Å². The van der Waals surface area contributed by atoms with Gasteiger partial charge in [-0.2, -0.15) is 20.4 Å². The van der Waals surface area contributed by atoms with Gasteiger partial charge < -0.3 is 120 Å². The third kappa shape index (κ3) is 19.1. The highest BCUT2D eigenvalue weighted by atomic mass is 16.6. The molecule has 10 heterocycles. The number of methoxy groups -OCH3 is 1. The summed E-state index contributed by atoms with van der Waals surface area (Å²) >= 11 is 0. The molecule has 4 fully saturated rings. The Bertz CT molecular complexity index is 5720. The van der Waals surface area contributed by atoms with E-state index in [-0.39, 0.29) is 16.7 Å². The fourth-order valence-corrected chi connectivity index (χ4v) is 13.3. The van der Waals surface area contributed by atoms with E-state index in [1.165, 1.54) is 43.8 Å². The van der Waals surface area contributed by atoms with E-state index in [9.17, 15) is 96.1 Å². The van der Waals surface area contributed by atoms with Gasteiger partial charge in [0.05, 0.1) is 114 Å². The normalized spacial score (nSPS) is 26.5. The summed E-state index contributed by atoms with van der Waals surface area (Å²) in [6.45, 7) is 2.11. The summed E-state index contributed by atoms with van der Waals surface area (Å²) in [6.07, 6.45) is -16.5. The van der Waals surface area contributed by atoms with Gasteiger partial charge in [-0.05, 0) is 90.2 Å².